The lowest BCUT2D eigenvalue weighted by Crippen LogP contribution is -2.03. The van der Waals surface area contributed by atoms with Crippen LogP contribution in [0.5, 0.6) is 0 Å². The maximum atomic E-state index is 10.8. The number of rotatable bonds is 5. The number of nitrogens with zero attached hydrogens (tertiary/aromatic N) is 3. The highest BCUT2D eigenvalue weighted by atomic mass is 16.6. The standard InChI is InChI=1S/C9H5N3O8/c13-3-5(4-14)9-7(11(17)18)1-6(10(15)16)2-8(9)12(19)20/h1-4,13H/b5-3+. The van der Waals surface area contributed by atoms with E-state index in [4.69, 9.17) is 5.11 Å². The van der Waals surface area contributed by atoms with E-state index in [-0.39, 0.29) is 12.5 Å². The number of aliphatic hydroxyl groups is 1. The summed E-state index contributed by atoms with van der Waals surface area (Å²) in [6.45, 7) is 0. The first-order valence-corrected chi connectivity index (χ1v) is 4.74. The van der Waals surface area contributed by atoms with E-state index in [2.05, 4.69) is 0 Å². The number of allylic oxidation sites excluding steroid dienone is 1. The van der Waals surface area contributed by atoms with Crippen LogP contribution in [-0.2, 0) is 4.79 Å². The van der Waals surface area contributed by atoms with Gasteiger partial charge < -0.3 is 5.11 Å². The van der Waals surface area contributed by atoms with Gasteiger partial charge in [0.2, 0.25) is 0 Å². The number of aldehydes is 1. The molecular weight excluding hydrogens is 278 g/mol. The molecule has 0 aliphatic carbocycles. The zero-order chi connectivity index (χ0) is 15.4. The average molecular weight is 283 g/mol. The molecule has 0 amide bonds. The number of carbonyl (C=O) groups is 1. The fourth-order valence-corrected chi connectivity index (χ4v) is 1.44. The van der Waals surface area contributed by atoms with Gasteiger partial charge in [-0.3, -0.25) is 35.1 Å². The monoisotopic (exact) mass is 283 g/mol. The van der Waals surface area contributed by atoms with Crippen molar-refractivity contribution in [1.82, 2.24) is 0 Å². The maximum absolute atomic E-state index is 10.8. The Morgan fingerprint density at radius 1 is 1.00 bits per heavy atom. The number of benzene rings is 1. The number of non-ortho nitro benzene ring substituents is 1. The lowest BCUT2D eigenvalue weighted by Gasteiger charge is -2.03. The van der Waals surface area contributed by atoms with E-state index in [1.54, 1.807) is 0 Å². The van der Waals surface area contributed by atoms with E-state index >= 15 is 0 Å². The predicted molar refractivity (Wildman–Crippen MR) is 63.1 cm³/mol. The second-order valence-corrected chi connectivity index (χ2v) is 3.33. The summed E-state index contributed by atoms with van der Waals surface area (Å²) in [5.74, 6) is 0. The Kier molecular flexibility index (Phi) is 4.05. The van der Waals surface area contributed by atoms with Crippen LogP contribution < -0.4 is 0 Å². The van der Waals surface area contributed by atoms with Gasteiger partial charge in [-0.25, -0.2) is 0 Å². The number of hydrogen-bond acceptors (Lipinski definition) is 8. The highest BCUT2D eigenvalue weighted by Crippen LogP contribution is 2.37. The fraction of sp³-hybridized carbons (Fsp3) is 0. The summed E-state index contributed by atoms with van der Waals surface area (Å²) in [4.78, 5) is 39.7. The molecule has 0 aliphatic heterocycles. The first-order chi connectivity index (χ1) is 9.33. The van der Waals surface area contributed by atoms with Crippen LogP contribution in [0, 0.1) is 30.3 Å². The molecule has 0 saturated heterocycles. The van der Waals surface area contributed by atoms with Crippen LogP contribution in [0.1, 0.15) is 5.56 Å². The Morgan fingerprint density at radius 2 is 1.45 bits per heavy atom. The largest absolute Gasteiger partial charge is 0.515 e. The third-order valence-electron chi connectivity index (χ3n) is 2.24. The molecule has 0 unspecified atom stereocenters. The summed E-state index contributed by atoms with van der Waals surface area (Å²) in [5, 5.41) is 41.1. The number of carbonyl (C=O) groups excluding carboxylic acids is 1. The van der Waals surface area contributed by atoms with Crippen LogP contribution in [0.4, 0.5) is 17.1 Å². The average Bonchev–Trinajstić information content (AvgIpc) is 2.39. The van der Waals surface area contributed by atoms with Crippen molar-refractivity contribution >= 4 is 28.9 Å². The SMILES string of the molecule is O=C/C(=C\O)c1c([N+](=O)[O-])cc([N+](=O)[O-])cc1[N+](=O)[O-]. The number of aliphatic hydroxyl groups excluding tert-OH is 1. The molecule has 11 heteroatoms. The summed E-state index contributed by atoms with van der Waals surface area (Å²) >= 11 is 0. The van der Waals surface area contributed by atoms with Crippen molar-refractivity contribution in [3.8, 4) is 0 Å². The van der Waals surface area contributed by atoms with Crippen molar-refractivity contribution < 1.29 is 24.7 Å². The fourth-order valence-electron chi connectivity index (χ4n) is 1.44. The molecule has 104 valence electrons. The Hall–Kier alpha value is -3.37. The highest BCUT2D eigenvalue weighted by molar-refractivity contribution is 6.10. The molecule has 0 radical (unpaired) electrons. The van der Waals surface area contributed by atoms with Gasteiger partial charge in [-0.15, -0.1) is 0 Å². The van der Waals surface area contributed by atoms with Gasteiger partial charge in [0, 0.05) is 0 Å². The van der Waals surface area contributed by atoms with Crippen molar-refractivity contribution in [3.63, 3.8) is 0 Å². The quantitative estimate of drug-likeness (QED) is 0.279. The molecule has 0 fully saturated rings. The van der Waals surface area contributed by atoms with Crippen LogP contribution in [0.3, 0.4) is 0 Å². The maximum Gasteiger partial charge on any atom is 0.291 e. The number of hydrogen-bond donors (Lipinski definition) is 1. The smallest absolute Gasteiger partial charge is 0.291 e. The minimum Gasteiger partial charge on any atom is -0.515 e. The van der Waals surface area contributed by atoms with Crippen molar-refractivity contribution in [2.24, 2.45) is 0 Å². The molecule has 1 N–H and O–H groups in total. The van der Waals surface area contributed by atoms with Gasteiger partial charge >= 0.3 is 0 Å². The van der Waals surface area contributed by atoms with Gasteiger partial charge in [-0.2, -0.15) is 0 Å². The molecule has 11 nitrogen and oxygen atoms in total. The summed E-state index contributed by atoms with van der Waals surface area (Å²) < 4.78 is 0. The zero-order valence-electron chi connectivity index (χ0n) is 9.46. The van der Waals surface area contributed by atoms with Crippen LogP contribution in [-0.4, -0.2) is 26.2 Å². The van der Waals surface area contributed by atoms with Crippen molar-refractivity contribution in [2.45, 2.75) is 0 Å². The lowest BCUT2D eigenvalue weighted by atomic mass is 10.0. The molecule has 0 spiro atoms. The molecule has 0 heterocycles. The molecule has 0 saturated carbocycles. The lowest BCUT2D eigenvalue weighted by molar-refractivity contribution is -0.403. The second kappa shape index (κ2) is 5.51. The molecule has 20 heavy (non-hydrogen) atoms. The normalized spacial score (nSPS) is 10.9. The molecule has 1 aromatic rings. The van der Waals surface area contributed by atoms with Crippen molar-refractivity contribution in [3.05, 3.63) is 54.3 Å². The van der Waals surface area contributed by atoms with Gasteiger partial charge in [-0.1, -0.05) is 0 Å². The van der Waals surface area contributed by atoms with Gasteiger partial charge in [-0.05, 0) is 0 Å². The molecule has 1 rings (SSSR count). The summed E-state index contributed by atoms with van der Waals surface area (Å²) in [6.07, 6.45) is 0.106. The van der Waals surface area contributed by atoms with Gasteiger partial charge in [0.1, 0.15) is 5.56 Å². The zero-order valence-corrected chi connectivity index (χ0v) is 9.46. The topological polar surface area (TPSA) is 167 Å². The Morgan fingerprint density at radius 3 is 1.70 bits per heavy atom. The van der Waals surface area contributed by atoms with E-state index in [1.165, 1.54) is 0 Å². The van der Waals surface area contributed by atoms with Gasteiger partial charge in [0.25, 0.3) is 17.1 Å². The highest BCUT2D eigenvalue weighted by Gasteiger charge is 2.32. The first-order valence-electron chi connectivity index (χ1n) is 4.74. The number of nitro groups is 3. The Labute approximate surface area is 109 Å². The minimum atomic E-state index is -1.12. The molecule has 0 atom stereocenters. The van der Waals surface area contributed by atoms with Crippen LogP contribution in [0.25, 0.3) is 5.57 Å². The molecule has 0 aromatic heterocycles. The van der Waals surface area contributed by atoms with Crippen LogP contribution in [0.2, 0.25) is 0 Å². The second-order valence-electron chi connectivity index (χ2n) is 3.33. The van der Waals surface area contributed by atoms with Gasteiger partial charge in [0.05, 0.1) is 38.7 Å². The summed E-state index contributed by atoms with van der Waals surface area (Å²) in [6, 6.07) is 0.935. The number of nitro benzene ring substituents is 3. The Balaban J connectivity index is 3.87. The third-order valence-corrected chi connectivity index (χ3v) is 2.24. The molecule has 0 bridgehead atoms. The van der Waals surface area contributed by atoms with E-state index < -0.39 is 43.0 Å². The van der Waals surface area contributed by atoms with Gasteiger partial charge in [0.15, 0.2) is 6.29 Å². The van der Waals surface area contributed by atoms with E-state index in [1.807, 2.05) is 0 Å². The van der Waals surface area contributed by atoms with Crippen LogP contribution >= 0.6 is 0 Å². The third kappa shape index (κ3) is 2.55. The Bertz CT molecular complexity index is 616. The first kappa shape index (κ1) is 14.7. The summed E-state index contributed by atoms with van der Waals surface area (Å²) in [7, 11) is 0. The summed E-state index contributed by atoms with van der Waals surface area (Å²) in [5.41, 5.74) is -4.48. The minimum absolute atomic E-state index is 0.0405. The molecular formula is C9H5N3O8. The van der Waals surface area contributed by atoms with E-state index in [0.717, 1.165) is 0 Å². The predicted octanol–water partition coefficient (Wildman–Crippen LogP) is 1.51. The van der Waals surface area contributed by atoms with E-state index in [9.17, 15) is 35.1 Å². The molecule has 1 aromatic carbocycles. The van der Waals surface area contributed by atoms with Crippen molar-refractivity contribution in [2.75, 3.05) is 0 Å². The van der Waals surface area contributed by atoms with Crippen molar-refractivity contribution in [1.29, 1.82) is 0 Å². The van der Waals surface area contributed by atoms with E-state index in [0.29, 0.717) is 12.1 Å². The molecule has 0 aliphatic rings. The van der Waals surface area contributed by atoms with Crippen LogP contribution in [0.15, 0.2) is 18.4 Å².